The van der Waals surface area contributed by atoms with Crippen LogP contribution in [-0.4, -0.2) is 38.1 Å². The van der Waals surface area contributed by atoms with Gasteiger partial charge >= 0.3 is 16.8 Å². The maximum Gasteiger partial charge on any atom is 2.00 e. The Bertz CT molecular complexity index is 668. The molecule has 3 nitrogen and oxygen atoms in total. The number of anilines is 2. The van der Waals surface area contributed by atoms with Crippen molar-refractivity contribution in [3.05, 3.63) is 58.7 Å². The van der Waals surface area contributed by atoms with Crippen LogP contribution in [0.1, 0.15) is 36.1 Å². The molecule has 165 valence electrons. The van der Waals surface area contributed by atoms with Crippen LogP contribution in [0.25, 0.3) is 0 Å². The molecule has 0 spiro atoms. The first-order chi connectivity index (χ1) is 12.6. The fourth-order valence-corrected chi connectivity index (χ4v) is 3.42. The maximum atomic E-state index is 3.68. The molecule has 0 aliphatic heterocycles. The first-order valence-electron chi connectivity index (χ1n) is 9.90. The van der Waals surface area contributed by atoms with E-state index >= 15 is 0 Å². The summed E-state index contributed by atoms with van der Waals surface area (Å²) in [6, 6.07) is 13.1. The second-order valence-electron chi connectivity index (χ2n) is 7.08. The minimum atomic E-state index is 0. The largest absolute Gasteiger partial charge is 2.00 e. The smallest absolute Gasteiger partial charge is 1.00 e. The van der Waals surface area contributed by atoms with Gasteiger partial charge in [0.25, 0.3) is 0 Å². The summed E-state index contributed by atoms with van der Waals surface area (Å²) >= 11 is 0. The molecule has 0 aromatic heterocycles. The molecule has 0 heterocycles. The Morgan fingerprint density at radius 1 is 0.724 bits per heavy atom. The van der Waals surface area contributed by atoms with E-state index in [1.165, 1.54) is 33.6 Å². The van der Waals surface area contributed by atoms with Crippen molar-refractivity contribution in [1.82, 2.24) is 4.90 Å². The van der Waals surface area contributed by atoms with Crippen LogP contribution in [0.2, 0.25) is 0 Å². The zero-order valence-corrected chi connectivity index (χ0v) is 22.5. The van der Waals surface area contributed by atoms with E-state index in [1.807, 2.05) is 0 Å². The number of rotatable bonds is 10. The topological polar surface area (TPSA) is 27.3 Å². The molecule has 0 bridgehead atoms. The van der Waals surface area contributed by atoms with E-state index < -0.39 is 0 Å². The number of likely N-dealkylation sites (N-methyl/N-ethyl adjacent to an activating group) is 1. The summed E-state index contributed by atoms with van der Waals surface area (Å²) in [4.78, 5) is 2.38. The normalized spacial score (nSPS) is 9.86. The molecule has 0 aliphatic carbocycles. The number of para-hydroxylation sites is 2. The van der Waals surface area contributed by atoms with Crippen molar-refractivity contribution in [2.45, 2.75) is 40.5 Å². The third-order valence-corrected chi connectivity index (χ3v) is 5.07. The molecule has 0 saturated carbocycles. The summed E-state index contributed by atoms with van der Waals surface area (Å²) in [5, 5.41) is 7.27. The predicted molar refractivity (Wildman–Crippen MR) is 116 cm³/mol. The molecule has 0 aliphatic rings. The van der Waals surface area contributed by atoms with Crippen molar-refractivity contribution < 1.29 is 50.7 Å². The van der Waals surface area contributed by atoms with Gasteiger partial charge in [-0.05, 0) is 56.0 Å². The van der Waals surface area contributed by atoms with Crippen LogP contribution in [-0.2, 0) is 29.6 Å². The molecule has 2 rings (SSSR count). The summed E-state index contributed by atoms with van der Waals surface area (Å²) < 4.78 is 0. The van der Waals surface area contributed by atoms with Crippen molar-refractivity contribution in [1.29, 1.82) is 0 Å². The number of hydrogen-bond acceptors (Lipinski definition) is 3. The van der Waals surface area contributed by atoms with Crippen LogP contribution in [0.3, 0.4) is 0 Å². The van der Waals surface area contributed by atoms with Gasteiger partial charge in [0.15, 0.2) is 0 Å². The molecule has 2 aromatic rings. The van der Waals surface area contributed by atoms with E-state index in [0.717, 1.165) is 39.0 Å². The quantitative estimate of drug-likeness (QED) is 0.379. The second kappa shape index (κ2) is 16.2. The maximum absolute atomic E-state index is 3.68. The van der Waals surface area contributed by atoms with Gasteiger partial charge in [-0.3, -0.25) is 0 Å². The van der Waals surface area contributed by atoms with Crippen LogP contribution >= 0.6 is 0 Å². The Morgan fingerprint density at radius 2 is 1.14 bits per heavy atom. The van der Waals surface area contributed by atoms with E-state index in [-0.39, 0.29) is 50.7 Å². The molecule has 2 N–H and O–H groups in total. The van der Waals surface area contributed by atoms with E-state index in [4.69, 9.17) is 0 Å². The van der Waals surface area contributed by atoms with Gasteiger partial charge in [0.2, 0.25) is 0 Å². The Morgan fingerprint density at radius 3 is 1.59 bits per heavy atom. The SMILES string of the molecule is CCc1cccc(CC)c1NCCN(C)CCNc1c(C)cccc1C.[Br-].[Br-].[Co+2]. The number of nitrogens with one attached hydrogen (secondary N) is 2. The first kappa shape index (κ1) is 30.7. The van der Waals surface area contributed by atoms with Gasteiger partial charge in [0, 0.05) is 37.6 Å². The molecule has 6 heteroatoms. The number of halogens is 2. The number of hydrogen-bond donors (Lipinski definition) is 2. The molecule has 0 amide bonds. The van der Waals surface area contributed by atoms with Crippen LogP contribution in [0.4, 0.5) is 11.4 Å². The zero-order chi connectivity index (χ0) is 18.9. The van der Waals surface area contributed by atoms with E-state index in [1.54, 1.807) is 0 Å². The van der Waals surface area contributed by atoms with Crippen molar-refractivity contribution >= 4 is 11.4 Å². The first-order valence-corrected chi connectivity index (χ1v) is 9.90. The Balaban J connectivity index is 0. The minimum Gasteiger partial charge on any atom is -1.00 e. The molecular weight excluding hydrogens is 537 g/mol. The van der Waals surface area contributed by atoms with Gasteiger partial charge < -0.3 is 49.5 Å². The molecule has 0 unspecified atom stereocenters. The van der Waals surface area contributed by atoms with Crippen molar-refractivity contribution in [2.24, 2.45) is 0 Å². The van der Waals surface area contributed by atoms with Crippen molar-refractivity contribution in [3.63, 3.8) is 0 Å². The molecule has 1 radical (unpaired) electrons. The van der Waals surface area contributed by atoms with Gasteiger partial charge in [-0.25, -0.2) is 0 Å². The van der Waals surface area contributed by atoms with E-state index in [0.29, 0.717) is 0 Å². The molecule has 29 heavy (non-hydrogen) atoms. The van der Waals surface area contributed by atoms with Gasteiger partial charge in [0.05, 0.1) is 0 Å². The van der Waals surface area contributed by atoms with Crippen LogP contribution in [0.5, 0.6) is 0 Å². The average molecular weight is 572 g/mol. The molecule has 0 saturated heterocycles. The summed E-state index contributed by atoms with van der Waals surface area (Å²) in [5.41, 5.74) is 8.10. The molecular formula is C23H35Br2CoN3. The van der Waals surface area contributed by atoms with Gasteiger partial charge in [-0.2, -0.15) is 0 Å². The standard InChI is InChI=1S/C23H35N3.2BrH.Co/c1-6-20-12-9-13-21(7-2)23(20)25-15-17-26(5)16-14-24-22-18(3)10-8-11-19(22)4;;;/h8-13,24-25H,6-7,14-17H2,1-5H3;2*1H;/q;;;+2/p-2. The Hall–Kier alpha value is -0.534. The fourth-order valence-electron chi connectivity index (χ4n) is 3.42. The van der Waals surface area contributed by atoms with Gasteiger partial charge in [-0.15, -0.1) is 0 Å². The second-order valence-corrected chi connectivity index (χ2v) is 7.08. The monoisotopic (exact) mass is 570 g/mol. The van der Waals surface area contributed by atoms with E-state index in [2.05, 4.69) is 86.7 Å². The Kier molecular flexibility index (Phi) is 17.1. The molecule has 0 atom stereocenters. The third kappa shape index (κ3) is 9.43. The number of benzene rings is 2. The predicted octanol–water partition coefficient (Wildman–Crippen LogP) is -1.11. The van der Waals surface area contributed by atoms with Crippen LogP contribution in [0.15, 0.2) is 36.4 Å². The Labute approximate surface area is 209 Å². The summed E-state index contributed by atoms with van der Waals surface area (Å²) in [5.74, 6) is 0. The zero-order valence-electron chi connectivity index (χ0n) is 18.2. The van der Waals surface area contributed by atoms with Gasteiger partial charge in [-0.1, -0.05) is 50.2 Å². The van der Waals surface area contributed by atoms with Crippen molar-refractivity contribution in [2.75, 3.05) is 43.9 Å². The van der Waals surface area contributed by atoms with Crippen LogP contribution in [0, 0.1) is 13.8 Å². The fraction of sp³-hybridized carbons (Fsp3) is 0.478. The third-order valence-electron chi connectivity index (χ3n) is 5.07. The summed E-state index contributed by atoms with van der Waals surface area (Å²) in [6.45, 7) is 12.8. The summed E-state index contributed by atoms with van der Waals surface area (Å²) in [7, 11) is 2.19. The van der Waals surface area contributed by atoms with Gasteiger partial charge in [0.1, 0.15) is 0 Å². The molecule has 2 aromatic carbocycles. The minimum absolute atomic E-state index is 0. The number of aryl methyl sites for hydroxylation is 4. The number of nitrogens with zero attached hydrogens (tertiary/aromatic N) is 1. The van der Waals surface area contributed by atoms with Crippen molar-refractivity contribution in [3.8, 4) is 0 Å². The van der Waals surface area contributed by atoms with Crippen LogP contribution < -0.4 is 44.6 Å². The van der Waals surface area contributed by atoms with E-state index in [9.17, 15) is 0 Å². The molecule has 0 fully saturated rings. The average Bonchev–Trinajstić information content (AvgIpc) is 2.64. The summed E-state index contributed by atoms with van der Waals surface area (Å²) in [6.07, 6.45) is 2.15.